The Kier molecular flexibility index (Phi) is 5.08. The van der Waals surface area contributed by atoms with E-state index in [0.29, 0.717) is 12.5 Å². The smallest absolute Gasteiger partial charge is 0.311 e. The van der Waals surface area contributed by atoms with E-state index in [1.807, 2.05) is 13.0 Å². The van der Waals surface area contributed by atoms with Crippen molar-refractivity contribution in [1.29, 1.82) is 0 Å². The second kappa shape index (κ2) is 6.61. The van der Waals surface area contributed by atoms with E-state index in [4.69, 9.17) is 0 Å². The molecule has 1 nitrogen and oxygen atoms in total. The van der Waals surface area contributed by atoms with Crippen molar-refractivity contribution in [2.24, 2.45) is 0 Å². The average Bonchev–Trinajstić information content (AvgIpc) is 2.37. The van der Waals surface area contributed by atoms with E-state index in [1.165, 1.54) is 11.1 Å². The van der Waals surface area contributed by atoms with Gasteiger partial charge in [0.05, 0.1) is 0 Å². The van der Waals surface area contributed by atoms with Gasteiger partial charge in [0.1, 0.15) is 0 Å². The molecular weight excluding hydrogens is 263 g/mol. The predicted octanol–water partition coefficient (Wildman–Crippen LogP) is 4.25. The Morgan fingerprint density at radius 1 is 1.25 bits per heavy atom. The summed E-state index contributed by atoms with van der Waals surface area (Å²) in [6, 6.07) is 8.97. The van der Waals surface area contributed by atoms with Gasteiger partial charge in [-0.15, -0.1) is 0 Å². The third-order valence-corrected chi connectivity index (χ3v) is 3.96. The fourth-order valence-corrected chi connectivity index (χ4v) is 2.93. The minimum absolute atomic E-state index is 0.146. The molecule has 112 valence electrons. The lowest BCUT2D eigenvalue weighted by Crippen LogP contribution is -2.40. The Bertz CT molecular complexity index is 428. The molecule has 0 aliphatic heterocycles. The second-order valence-electron chi connectivity index (χ2n) is 5.78. The monoisotopic (exact) mass is 285 g/mol. The Balaban J connectivity index is 1.75. The summed E-state index contributed by atoms with van der Waals surface area (Å²) in [5, 5.41) is 3.48. The van der Waals surface area contributed by atoms with Gasteiger partial charge in [0.15, 0.2) is 0 Å². The molecule has 1 N–H and O–H groups in total. The van der Waals surface area contributed by atoms with Crippen LogP contribution in [0.15, 0.2) is 24.3 Å². The highest BCUT2D eigenvalue weighted by atomic mass is 19.4. The normalized spacial score (nSPS) is 20.5. The van der Waals surface area contributed by atoms with E-state index in [2.05, 4.69) is 23.5 Å². The minimum atomic E-state index is -4.02. The molecule has 0 saturated heterocycles. The zero-order chi connectivity index (χ0) is 14.6. The van der Waals surface area contributed by atoms with Crippen LogP contribution in [0.3, 0.4) is 0 Å². The van der Waals surface area contributed by atoms with Crippen LogP contribution >= 0.6 is 0 Å². The van der Waals surface area contributed by atoms with Crippen LogP contribution in [0.2, 0.25) is 0 Å². The van der Waals surface area contributed by atoms with Gasteiger partial charge >= 0.3 is 6.18 Å². The van der Waals surface area contributed by atoms with Crippen LogP contribution in [-0.2, 0) is 12.8 Å². The topological polar surface area (TPSA) is 12.0 Å². The summed E-state index contributed by atoms with van der Waals surface area (Å²) in [6.45, 7) is 1.98. The number of nitrogens with one attached hydrogen (secondary N) is 1. The molecule has 0 amide bonds. The zero-order valence-electron chi connectivity index (χ0n) is 11.8. The average molecular weight is 285 g/mol. The first-order valence-corrected chi connectivity index (χ1v) is 7.33. The first-order chi connectivity index (χ1) is 9.44. The van der Waals surface area contributed by atoms with E-state index in [1.54, 1.807) is 0 Å². The summed E-state index contributed by atoms with van der Waals surface area (Å²) in [6.07, 6.45) is -0.793. The number of benzene rings is 1. The second-order valence-corrected chi connectivity index (χ2v) is 5.78. The maximum Gasteiger partial charge on any atom is 0.389 e. The predicted molar refractivity (Wildman–Crippen MR) is 74.8 cm³/mol. The summed E-state index contributed by atoms with van der Waals surface area (Å²) in [5.74, 6) is 0. The molecule has 0 radical (unpaired) electrons. The maximum absolute atomic E-state index is 12.1. The van der Waals surface area contributed by atoms with Crippen molar-refractivity contribution in [2.75, 3.05) is 0 Å². The van der Waals surface area contributed by atoms with Crippen molar-refractivity contribution in [3.63, 3.8) is 0 Å². The molecule has 0 fully saturated rings. The van der Waals surface area contributed by atoms with Gasteiger partial charge in [-0.05, 0) is 50.2 Å². The third-order valence-electron chi connectivity index (χ3n) is 3.96. The van der Waals surface area contributed by atoms with Crippen molar-refractivity contribution >= 4 is 0 Å². The Morgan fingerprint density at radius 2 is 1.95 bits per heavy atom. The molecule has 0 aromatic heterocycles. The van der Waals surface area contributed by atoms with Crippen LogP contribution in [0.5, 0.6) is 0 Å². The van der Waals surface area contributed by atoms with Gasteiger partial charge < -0.3 is 5.32 Å². The molecule has 2 rings (SSSR count). The van der Waals surface area contributed by atoms with Gasteiger partial charge in [0.25, 0.3) is 0 Å². The Hall–Kier alpha value is -1.03. The van der Waals surface area contributed by atoms with E-state index in [0.717, 1.165) is 19.3 Å². The van der Waals surface area contributed by atoms with Gasteiger partial charge in [0, 0.05) is 18.5 Å². The quantitative estimate of drug-likeness (QED) is 0.852. The van der Waals surface area contributed by atoms with Crippen molar-refractivity contribution in [3.05, 3.63) is 35.4 Å². The molecule has 4 heteroatoms. The number of hydrogen-bond donors (Lipinski definition) is 1. The lowest BCUT2D eigenvalue weighted by molar-refractivity contribution is -0.135. The largest absolute Gasteiger partial charge is 0.389 e. The highest BCUT2D eigenvalue weighted by molar-refractivity contribution is 5.30. The summed E-state index contributed by atoms with van der Waals surface area (Å²) in [5.41, 5.74) is 2.79. The van der Waals surface area contributed by atoms with Crippen LogP contribution in [0.1, 0.15) is 43.7 Å². The standard InChI is InChI=1S/C16H22F3N/c1-12(5-4-10-16(17,18)19)20-15-9-8-13-6-2-3-7-14(13)11-15/h2-3,6-7,12,15,20H,4-5,8-11H2,1H3. The fourth-order valence-electron chi connectivity index (χ4n) is 2.93. The number of rotatable bonds is 5. The molecule has 1 aliphatic rings. The highest BCUT2D eigenvalue weighted by Gasteiger charge is 2.26. The van der Waals surface area contributed by atoms with Crippen molar-refractivity contribution in [1.82, 2.24) is 5.32 Å². The SMILES string of the molecule is CC(CCCC(F)(F)F)NC1CCc2ccccc2C1. The molecule has 1 aliphatic carbocycles. The minimum Gasteiger partial charge on any atom is -0.311 e. The fraction of sp³-hybridized carbons (Fsp3) is 0.625. The maximum atomic E-state index is 12.1. The summed E-state index contributed by atoms with van der Waals surface area (Å²) in [4.78, 5) is 0. The molecule has 0 bridgehead atoms. The number of fused-ring (bicyclic) bond motifs is 1. The Labute approximate surface area is 118 Å². The molecule has 20 heavy (non-hydrogen) atoms. The summed E-state index contributed by atoms with van der Waals surface area (Å²) >= 11 is 0. The van der Waals surface area contributed by atoms with Gasteiger partial charge in [-0.1, -0.05) is 24.3 Å². The molecular formula is C16H22F3N. The number of aryl methyl sites for hydroxylation is 1. The molecule has 2 atom stereocenters. The van der Waals surface area contributed by atoms with E-state index < -0.39 is 12.6 Å². The molecule has 1 aromatic rings. The zero-order valence-corrected chi connectivity index (χ0v) is 11.8. The highest BCUT2D eigenvalue weighted by Crippen LogP contribution is 2.24. The van der Waals surface area contributed by atoms with Crippen molar-refractivity contribution < 1.29 is 13.2 Å². The van der Waals surface area contributed by atoms with Crippen LogP contribution in [0.25, 0.3) is 0 Å². The molecule has 0 heterocycles. The van der Waals surface area contributed by atoms with E-state index in [-0.39, 0.29) is 12.5 Å². The summed E-state index contributed by atoms with van der Waals surface area (Å²) in [7, 11) is 0. The van der Waals surface area contributed by atoms with Crippen molar-refractivity contribution in [3.8, 4) is 0 Å². The van der Waals surface area contributed by atoms with Gasteiger partial charge in [-0.3, -0.25) is 0 Å². The molecule has 0 saturated carbocycles. The lowest BCUT2D eigenvalue weighted by Gasteiger charge is -2.28. The lowest BCUT2D eigenvalue weighted by atomic mass is 9.88. The molecule has 1 aromatic carbocycles. The third kappa shape index (κ3) is 4.82. The van der Waals surface area contributed by atoms with Crippen LogP contribution in [-0.4, -0.2) is 18.3 Å². The molecule has 2 unspecified atom stereocenters. The van der Waals surface area contributed by atoms with Gasteiger partial charge in [0.2, 0.25) is 0 Å². The van der Waals surface area contributed by atoms with Gasteiger partial charge in [-0.25, -0.2) is 0 Å². The van der Waals surface area contributed by atoms with E-state index in [9.17, 15) is 13.2 Å². The van der Waals surface area contributed by atoms with Crippen molar-refractivity contribution in [2.45, 2.75) is 63.7 Å². The first kappa shape index (κ1) is 15.4. The molecule has 0 spiro atoms. The Morgan fingerprint density at radius 3 is 2.65 bits per heavy atom. The number of halogens is 3. The van der Waals surface area contributed by atoms with Crippen LogP contribution in [0.4, 0.5) is 13.2 Å². The number of hydrogen-bond acceptors (Lipinski definition) is 1. The first-order valence-electron chi connectivity index (χ1n) is 7.33. The van der Waals surface area contributed by atoms with Crippen LogP contribution in [0, 0.1) is 0 Å². The van der Waals surface area contributed by atoms with Crippen LogP contribution < -0.4 is 5.32 Å². The van der Waals surface area contributed by atoms with Gasteiger partial charge in [-0.2, -0.15) is 13.2 Å². The van der Waals surface area contributed by atoms with E-state index >= 15 is 0 Å². The summed E-state index contributed by atoms with van der Waals surface area (Å²) < 4.78 is 36.3. The number of alkyl halides is 3.